The molecule has 158 valence electrons. The molecule has 0 N–H and O–H groups in total. The molecular weight excluding hydrogens is 436 g/mol. The van der Waals surface area contributed by atoms with E-state index in [0.717, 1.165) is 30.2 Å². The summed E-state index contributed by atoms with van der Waals surface area (Å²) in [6.07, 6.45) is 3.43. The molecule has 1 amide bonds. The molecule has 0 aromatic carbocycles. The molecule has 0 atom stereocenters. The summed E-state index contributed by atoms with van der Waals surface area (Å²) in [5.41, 5.74) is 1.89. The van der Waals surface area contributed by atoms with E-state index < -0.39 is 0 Å². The van der Waals surface area contributed by atoms with Crippen LogP contribution in [0.5, 0.6) is 0 Å². The average molecular weight is 461 g/mol. The van der Waals surface area contributed by atoms with Crippen molar-refractivity contribution in [3.05, 3.63) is 44.7 Å². The van der Waals surface area contributed by atoms with Gasteiger partial charge in [0.2, 0.25) is 0 Å². The van der Waals surface area contributed by atoms with Crippen LogP contribution in [-0.2, 0) is 4.79 Å². The summed E-state index contributed by atoms with van der Waals surface area (Å²) >= 11 is 8.59. The van der Waals surface area contributed by atoms with Crippen LogP contribution >= 0.6 is 35.7 Å². The van der Waals surface area contributed by atoms with Gasteiger partial charge in [0.25, 0.3) is 11.5 Å². The van der Waals surface area contributed by atoms with Crippen LogP contribution in [-0.4, -0.2) is 55.7 Å². The first-order chi connectivity index (χ1) is 14.4. The Labute approximate surface area is 189 Å². The molecule has 4 rings (SSSR count). The molecule has 6 nitrogen and oxygen atoms in total. The minimum atomic E-state index is -0.161. The number of thioether (sulfide) groups is 2. The Bertz CT molecular complexity index is 1100. The van der Waals surface area contributed by atoms with E-state index in [9.17, 15) is 9.59 Å². The zero-order valence-electron chi connectivity index (χ0n) is 17.3. The summed E-state index contributed by atoms with van der Waals surface area (Å²) in [5, 5.41) is 0. The lowest BCUT2D eigenvalue weighted by Crippen LogP contribution is -2.36. The highest BCUT2D eigenvalue weighted by atomic mass is 32.2. The van der Waals surface area contributed by atoms with Crippen LogP contribution in [0.15, 0.2) is 28.0 Å². The Balaban J connectivity index is 1.86. The second kappa shape index (κ2) is 8.72. The largest absolute Gasteiger partial charge is 0.354 e. The van der Waals surface area contributed by atoms with Crippen LogP contribution in [0.3, 0.4) is 0 Å². The highest BCUT2D eigenvalue weighted by Crippen LogP contribution is 2.34. The normalized spacial score (nSPS) is 19.0. The third kappa shape index (κ3) is 4.02. The Hall–Kier alpha value is -1.84. The lowest BCUT2D eigenvalue weighted by Gasteiger charge is -2.29. The third-order valence-electron chi connectivity index (χ3n) is 5.07. The molecule has 0 unspecified atom stereocenters. The molecule has 0 saturated carbocycles. The van der Waals surface area contributed by atoms with Crippen LogP contribution < -0.4 is 10.5 Å². The second-order valence-corrected chi connectivity index (χ2v) is 10.7. The summed E-state index contributed by atoms with van der Waals surface area (Å²) in [6, 6.07) is 3.79. The van der Waals surface area contributed by atoms with Crippen molar-refractivity contribution < 1.29 is 4.79 Å². The van der Waals surface area contributed by atoms with Crippen molar-refractivity contribution in [1.29, 1.82) is 0 Å². The first-order valence-corrected chi connectivity index (χ1v) is 12.3. The highest BCUT2D eigenvalue weighted by molar-refractivity contribution is 8.26. The van der Waals surface area contributed by atoms with E-state index in [1.165, 1.54) is 11.8 Å². The van der Waals surface area contributed by atoms with Crippen molar-refractivity contribution in [2.75, 3.05) is 36.0 Å². The fraction of sp³-hybridized carbons (Fsp3) is 0.429. The van der Waals surface area contributed by atoms with Gasteiger partial charge < -0.3 is 4.90 Å². The van der Waals surface area contributed by atoms with E-state index in [-0.39, 0.29) is 11.5 Å². The van der Waals surface area contributed by atoms with E-state index in [1.807, 2.05) is 30.8 Å². The van der Waals surface area contributed by atoms with E-state index in [2.05, 4.69) is 18.7 Å². The van der Waals surface area contributed by atoms with Gasteiger partial charge >= 0.3 is 0 Å². The Kier molecular flexibility index (Phi) is 6.22. The van der Waals surface area contributed by atoms with Crippen LogP contribution in [0.1, 0.15) is 25.0 Å². The van der Waals surface area contributed by atoms with Crippen molar-refractivity contribution in [3.63, 3.8) is 0 Å². The van der Waals surface area contributed by atoms with Gasteiger partial charge in [0, 0.05) is 37.3 Å². The molecule has 0 spiro atoms. The first kappa shape index (κ1) is 21.4. The predicted molar refractivity (Wildman–Crippen MR) is 130 cm³/mol. The molecule has 2 saturated heterocycles. The summed E-state index contributed by atoms with van der Waals surface area (Å²) in [6.45, 7) is 8.29. The number of hydrogen-bond acceptors (Lipinski definition) is 7. The Morgan fingerprint density at radius 1 is 1.27 bits per heavy atom. The molecule has 30 heavy (non-hydrogen) atoms. The van der Waals surface area contributed by atoms with Crippen LogP contribution in [0.4, 0.5) is 5.82 Å². The topological polar surface area (TPSA) is 57.9 Å². The number of aromatic nitrogens is 2. The maximum Gasteiger partial charge on any atom is 0.267 e. The molecule has 2 fully saturated rings. The lowest BCUT2D eigenvalue weighted by atomic mass is 10.2. The van der Waals surface area contributed by atoms with Gasteiger partial charge in [-0.05, 0) is 30.5 Å². The number of nitrogens with zero attached hydrogens (tertiary/aromatic N) is 4. The minimum absolute atomic E-state index is 0.132. The van der Waals surface area contributed by atoms with Crippen LogP contribution in [0, 0.1) is 12.8 Å². The fourth-order valence-electron chi connectivity index (χ4n) is 3.60. The van der Waals surface area contributed by atoms with Crippen molar-refractivity contribution in [3.8, 4) is 0 Å². The maximum absolute atomic E-state index is 13.5. The van der Waals surface area contributed by atoms with E-state index in [1.54, 1.807) is 21.6 Å². The van der Waals surface area contributed by atoms with Crippen molar-refractivity contribution in [1.82, 2.24) is 14.3 Å². The molecule has 0 aliphatic carbocycles. The molecule has 0 radical (unpaired) electrons. The van der Waals surface area contributed by atoms with Crippen molar-refractivity contribution in [2.24, 2.45) is 5.92 Å². The van der Waals surface area contributed by atoms with Crippen molar-refractivity contribution >= 4 is 63.5 Å². The van der Waals surface area contributed by atoms with Gasteiger partial charge in [-0.15, -0.1) is 0 Å². The fourth-order valence-corrected chi connectivity index (χ4v) is 5.76. The molecule has 2 aliphatic rings. The Morgan fingerprint density at radius 2 is 2.00 bits per heavy atom. The van der Waals surface area contributed by atoms with E-state index in [4.69, 9.17) is 17.2 Å². The van der Waals surface area contributed by atoms with Gasteiger partial charge in [-0.2, -0.15) is 11.8 Å². The average Bonchev–Trinajstić information content (AvgIpc) is 2.98. The number of aryl methyl sites for hydroxylation is 1. The number of anilines is 1. The lowest BCUT2D eigenvalue weighted by molar-refractivity contribution is -0.122. The van der Waals surface area contributed by atoms with Crippen LogP contribution in [0.25, 0.3) is 11.7 Å². The molecular formula is C21H24N4O2S3. The monoisotopic (exact) mass is 460 g/mol. The van der Waals surface area contributed by atoms with Gasteiger partial charge in [0.05, 0.1) is 10.5 Å². The summed E-state index contributed by atoms with van der Waals surface area (Å²) in [5.74, 6) is 2.82. The molecule has 9 heteroatoms. The van der Waals surface area contributed by atoms with Gasteiger partial charge in [0.15, 0.2) is 0 Å². The molecule has 2 aromatic rings. The number of thiocarbonyl (C=S) groups is 1. The zero-order chi connectivity index (χ0) is 21.4. The molecule has 0 bridgehead atoms. The number of rotatable bonds is 4. The minimum Gasteiger partial charge on any atom is -0.354 e. The third-order valence-corrected chi connectivity index (χ3v) is 7.39. The SMILES string of the molecule is Cc1cccn2c(=O)c(/C=C3\SC(=S)N(CC(C)C)C3=O)c(N3CCSCC3)nc12. The number of carbonyl (C=O) groups excluding carboxylic acids is 1. The smallest absolute Gasteiger partial charge is 0.267 e. The molecule has 2 aliphatic heterocycles. The van der Waals surface area contributed by atoms with Gasteiger partial charge in [-0.25, -0.2) is 4.98 Å². The maximum atomic E-state index is 13.5. The first-order valence-electron chi connectivity index (χ1n) is 9.97. The van der Waals surface area contributed by atoms with Gasteiger partial charge in [0.1, 0.15) is 15.8 Å². The molecule has 4 heterocycles. The quantitative estimate of drug-likeness (QED) is 0.512. The number of pyridine rings is 1. The second-order valence-electron chi connectivity index (χ2n) is 7.82. The number of carbonyl (C=O) groups is 1. The summed E-state index contributed by atoms with van der Waals surface area (Å²) < 4.78 is 2.11. The highest BCUT2D eigenvalue weighted by Gasteiger charge is 2.33. The zero-order valence-corrected chi connectivity index (χ0v) is 19.7. The van der Waals surface area contributed by atoms with Crippen LogP contribution in [0.2, 0.25) is 0 Å². The van der Waals surface area contributed by atoms with E-state index in [0.29, 0.717) is 38.7 Å². The van der Waals surface area contributed by atoms with Gasteiger partial charge in [-0.3, -0.25) is 18.9 Å². The number of fused-ring (bicyclic) bond motifs is 1. The number of amides is 1. The number of hydrogen-bond donors (Lipinski definition) is 0. The molecule has 2 aromatic heterocycles. The Morgan fingerprint density at radius 3 is 2.70 bits per heavy atom. The van der Waals surface area contributed by atoms with Gasteiger partial charge in [-0.1, -0.05) is 43.9 Å². The summed E-state index contributed by atoms with van der Waals surface area (Å²) in [7, 11) is 0. The predicted octanol–water partition coefficient (Wildman–Crippen LogP) is 3.41. The summed E-state index contributed by atoms with van der Waals surface area (Å²) in [4.78, 5) is 35.6. The van der Waals surface area contributed by atoms with E-state index >= 15 is 0 Å². The van der Waals surface area contributed by atoms with Crippen molar-refractivity contribution in [2.45, 2.75) is 20.8 Å². The standard InChI is InChI=1S/C21H24N4O2S3/c1-13(2)12-25-20(27)16(30-21(25)28)11-15-18(23-7-9-29-10-8-23)22-17-14(3)5-4-6-24(17)19(15)26/h4-6,11,13H,7-10,12H2,1-3H3/b16-11-.